The van der Waals surface area contributed by atoms with E-state index in [0.29, 0.717) is 11.3 Å². The Morgan fingerprint density at radius 3 is 2.58 bits per heavy atom. The van der Waals surface area contributed by atoms with Gasteiger partial charge in [0.05, 0.1) is 18.8 Å². The van der Waals surface area contributed by atoms with E-state index in [0.717, 1.165) is 19.3 Å². The number of nitrogens with zero attached hydrogens (tertiary/aromatic N) is 2. The molecule has 0 fully saturated rings. The minimum absolute atomic E-state index is 0.170. The molecular weight excluding hydrogens is 248 g/mol. The lowest BCUT2D eigenvalue weighted by Crippen LogP contribution is -2.27. The molecule has 0 aliphatic carbocycles. The van der Waals surface area contributed by atoms with Crippen LogP contribution in [0.5, 0.6) is 0 Å². The molecule has 0 aromatic rings. The van der Waals surface area contributed by atoms with Crippen molar-refractivity contribution in [3.05, 3.63) is 17.5 Å². The van der Waals surface area contributed by atoms with Gasteiger partial charge in [0.25, 0.3) is 0 Å². The van der Waals surface area contributed by atoms with E-state index in [4.69, 9.17) is 4.74 Å². The Bertz CT molecular complexity index is 280. The quantitative estimate of drug-likeness (QED) is 0.275. The molecule has 0 radical (unpaired) electrons. The first-order valence-electron chi connectivity index (χ1n) is 6.71. The van der Waals surface area contributed by atoms with Gasteiger partial charge in [0.15, 0.2) is 6.04 Å². The summed E-state index contributed by atoms with van der Waals surface area (Å²) in [6, 6.07) is -0.607. The van der Waals surface area contributed by atoms with Crippen LogP contribution in [0.2, 0.25) is 0 Å². The summed E-state index contributed by atoms with van der Waals surface area (Å²) in [5.41, 5.74) is 0. The average molecular weight is 274 g/mol. The summed E-state index contributed by atoms with van der Waals surface area (Å²) in [5, 5.41) is 34.2. The number of hydroxylamine groups is 1. The van der Waals surface area contributed by atoms with Crippen LogP contribution in [-0.2, 0) is 4.74 Å². The molecule has 0 heterocycles. The number of aliphatic hydroxyl groups is 2. The number of rotatable bonds is 10. The fourth-order valence-electron chi connectivity index (χ4n) is 1.50. The van der Waals surface area contributed by atoms with Gasteiger partial charge >= 0.3 is 0 Å². The van der Waals surface area contributed by atoms with Crippen LogP contribution in [0.3, 0.4) is 0 Å². The minimum atomic E-state index is -0.765. The van der Waals surface area contributed by atoms with E-state index >= 15 is 0 Å². The summed E-state index contributed by atoms with van der Waals surface area (Å²) in [5.74, 6) is 0. The highest BCUT2D eigenvalue weighted by Gasteiger charge is 2.17. The Morgan fingerprint density at radius 1 is 1.37 bits per heavy atom. The molecular formula is C13H26N2O4. The van der Waals surface area contributed by atoms with Gasteiger partial charge in [-0.1, -0.05) is 31.0 Å². The molecule has 0 amide bonds. The van der Waals surface area contributed by atoms with Crippen molar-refractivity contribution in [2.45, 2.75) is 57.8 Å². The molecule has 0 spiro atoms. The maximum absolute atomic E-state index is 11.5. The summed E-state index contributed by atoms with van der Waals surface area (Å²) < 4.78 is 4.86. The highest BCUT2D eigenvalue weighted by atomic mass is 16.5. The predicted octanol–water partition coefficient (Wildman–Crippen LogP) is 1.80. The summed E-state index contributed by atoms with van der Waals surface area (Å²) in [4.78, 5) is 0.361. The highest BCUT2D eigenvalue weighted by molar-refractivity contribution is 4.82. The van der Waals surface area contributed by atoms with Crippen LogP contribution < -0.4 is 0 Å². The topological polar surface area (TPSA) is 88.1 Å². The standard InChI is InChI=1S/C13H26N2O4/c1-4-5-6-7-12(17)8-9-15(18)14-13(10-19-3)11(2)16/h8-9,11-13,16-17H,4-7,10H2,1-3H3/b9-8+,15-14?/t11-,12?,13-/m0/s1. The van der Waals surface area contributed by atoms with Crippen LogP contribution in [-0.4, -0.2) is 47.0 Å². The van der Waals surface area contributed by atoms with E-state index in [-0.39, 0.29) is 6.61 Å². The van der Waals surface area contributed by atoms with Crippen LogP contribution in [0.25, 0.3) is 0 Å². The van der Waals surface area contributed by atoms with Crippen LogP contribution >= 0.6 is 0 Å². The fraction of sp³-hybridized carbons (Fsp3) is 0.846. The third-order valence-corrected chi connectivity index (χ3v) is 2.70. The first kappa shape index (κ1) is 18.0. The van der Waals surface area contributed by atoms with Gasteiger partial charge in [-0.15, -0.1) is 0 Å². The predicted molar refractivity (Wildman–Crippen MR) is 72.7 cm³/mol. The van der Waals surface area contributed by atoms with Crippen molar-refractivity contribution in [1.29, 1.82) is 0 Å². The van der Waals surface area contributed by atoms with Gasteiger partial charge in [-0.25, -0.2) is 0 Å². The molecule has 6 nitrogen and oxygen atoms in total. The van der Waals surface area contributed by atoms with E-state index < -0.39 is 18.2 Å². The van der Waals surface area contributed by atoms with Gasteiger partial charge in [0.2, 0.25) is 6.20 Å². The molecule has 0 aliphatic rings. The largest absolute Gasteiger partial charge is 0.595 e. The van der Waals surface area contributed by atoms with E-state index in [9.17, 15) is 15.4 Å². The summed E-state index contributed by atoms with van der Waals surface area (Å²) in [6.07, 6.45) is 4.90. The number of unbranched alkanes of at least 4 members (excludes halogenated alkanes) is 2. The molecule has 6 heteroatoms. The molecule has 2 N–H and O–H groups in total. The summed E-state index contributed by atoms with van der Waals surface area (Å²) in [7, 11) is 1.48. The Labute approximate surface area is 115 Å². The molecule has 0 aliphatic heterocycles. The molecule has 0 aromatic carbocycles. The SMILES string of the molecule is CCCCCC(O)/C=C/[N+]([O-])=N[C@@H](COC)[C@H](C)O. The Morgan fingerprint density at radius 2 is 2.05 bits per heavy atom. The van der Waals surface area contributed by atoms with E-state index in [1.165, 1.54) is 19.4 Å². The second-order valence-electron chi connectivity index (χ2n) is 4.59. The number of azo groups is 1. The minimum Gasteiger partial charge on any atom is -0.595 e. The van der Waals surface area contributed by atoms with Gasteiger partial charge in [-0.3, -0.25) is 0 Å². The average Bonchev–Trinajstić information content (AvgIpc) is 2.36. The van der Waals surface area contributed by atoms with E-state index in [1.54, 1.807) is 6.92 Å². The summed E-state index contributed by atoms with van der Waals surface area (Å²) >= 11 is 0. The van der Waals surface area contributed by atoms with Crippen LogP contribution in [0.15, 0.2) is 17.4 Å². The molecule has 112 valence electrons. The van der Waals surface area contributed by atoms with Crippen molar-refractivity contribution in [2.75, 3.05) is 13.7 Å². The van der Waals surface area contributed by atoms with Crippen molar-refractivity contribution in [3.63, 3.8) is 0 Å². The zero-order valence-electron chi connectivity index (χ0n) is 12.0. The first-order valence-corrected chi connectivity index (χ1v) is 6.71. The molecule has 3 atom stereocenters. The van der Waals surface area contributed by atoms with Gasteiger partial charge in [-0.2, -0.15) is 0 Å². The van der Waals surface area contributed by atoms with E-state index in [1.807, 2.05) is 0 Å². The number of hydrogen-bond donors (Lipinski definition) is 2. The molecule has 0 aromatic heterocycles. The number of methoxy groups -OCH3 is 1. The van der Waals surface area contributed by atoms with Crippen LogP contribution in [0.4, 0.5) is 0 Å². The van der Waals surface area contributed by atoms with Crippen molar-refractivity contribution in [3.8, 4) is 0 Å². The molecule has 1 unspecified atom stereocenters. The molecule has 0 saturated carbocycles. The van der Waals surface area contributed by atoms with Crippen LogP contribution in [0.1, 0.15) is 39.5 Å². The third-order valence-electron chi connectivity index (χ3n) is 2.70. The lowest BCUT2D eigenvalue weighted by Gasteiger charge is -2.11. The number of hydrogen-bond acceptors (Lipinski definition) is 5. The second-order valence-corrected chi connectivity index (χ2v) is 4.59. The number of ether oxygens (including phenoxy) is 1. The fourth-order valence-corrected chi connectivity index (χ4v) is 1.50. The van der Waals surface area contributed by atoms with Gasteiger partial charge < -0.3 is 20.2 Å². The van der Waals surface area contributed by atoms with Gasteiger partial charge in [0.1, 0.15) is 0 Å². The molecule has 0 saturated heterocycles. The van der Waals surface area contributed by atoms with Crippen molar-refractivity contribution >= 4 is 0 Å². The monoisotopic (exact) mass is 274 g/mol. The second kappa shape index (κ2) is 10.9. The van der Waals surface area contributed by atoms with E-state index in [2.05, 4.69) is 12.0 Å². The maximum Gasteiger partial charge on any atom is 0.208 e. The molecule has 0 bridgehead atoms. The Kier molecular flexibility index (Phi) is 10.3. The maximum atomic E-state index is 11.5. The first-order chi connectivity index (χ1) is 9.01. The zero-order chi connectivity index (χ0) is 14.7. The summed E-state index contributed by atoms with van der Waals surface area (Å²) in [6.45, 7) is 3.81. The third kappa shape index (κ3) is 9.58. The van der Waals surface area contributed by atoms with Gasteiger partial charge in [-0.05, 0) is 18.5 Å². The lowest BCUT2D eigenvalue weighted by atomic mass is 10.1. The van der Waals surface area contributed by atoms with Gasteiger partial charge in [0, 0.05) is 13.2 Å². The zero-order valence-corrected chi connectivity index (χ0v) is 12.0. The lowest BCUT2D eigenvalue weighted by molar-refractivity contribution is -0.464. The van der Waals surface area contributed by atoms with Crippen molar-refractivity contribution in [1.82, 2.24) is 0 Å². The Balaban J connectivity index is 4.27. The molecule has 0 rings (SSSR count). The van der Waals surface area contributed by atoms with Crippen molar-refractivity contribution in [2.24, 2.45) is 5.11 Å². The highest BCUT2D eigenvalue weighted by Crippen LogP contribution is 2.05. The Hall–Kier alpha value is -0.980. The normalized spacial score (nSPS) is 17.6. The van der Waals surface area contributed by atoms with Crippen molar-refractivity contribution < 1.29 is 19.8 Å². The van der Waals surface area contributed by atoms with Crippen LogP contribution in [0, 0.1) is 5.21 Å². The number of aliphatic hydroxyl groups excluding tert-OH is 2. The molecule has 19 heavy (non-hydrogen) atoms. The smallest absolute Gasteiger partial charge is 0.208 e.